The van der Waals surface area contributed by atoms with Crippen LogP contribution >= 0.6 is 0 Å². The highest BCUT2D eigenvalue weighted by Gasteiger charge is 2.10. The molecule has 1 amide bonds. The number of aliphatic carboxylic acids is 1. The first-order valence-corrected chi connectivity index (χ1v) is 5.50. The van der Waals surface area contributed by atoms with Gasteiger partial charge in [-0.05, 0) is 12.8 Å². The number of rotatable bonds is 6. The fraction of sp³-hybridized carbons (Fsp3) is 0.818. The quantitative estimate of drug-likeness (QED) is 0.715. The number of hydrogen-bond donors (Lipinski definition) is 2. The minimum absolute atomic E-state index is 0.111. The van der Waals surface area contributed by atoms with Crippen LogP contribution in [-0.2, 0) is 9.59 Å². The number of carbonyl (C=O) groups excluding carboxylic acids is 1. The highest BCUT2D eigenvalue weighted by atomic mass is 16.4. The minimum Gasteiger partial charge on any atom is -0.481 e. The SMILES string of the molecule is CCC(=O)O.CCCCC(CC)C(N)=O. The van der Waals surface area contributed by atoms with E-state index >= 15 is 0 Å². The van der Waals surface area contributed by atoms with Crippen molar-refractivity contribution < 1.29 is 14.7 Å². The van der Waals surface area contributed by atoms with E-state index in [4.69, 9.17) is 10.8 Å². The van der Waals surface area contributed by atoms with Gasteiger partial charge in [0.1, 0.15) is 0 Å². The van der Waals surface area contributed by atoms with E-state index in [-0.39, 0.29) is 18.2 Å². The third-order valence-corrected chi connectivity index (χ3v) is 2.10. The molecule has 0 aliphatic heterocycles. The van der Waals surface area contributed by atoms with E-state index in [0.717, 1.165) is 25.7 Å². The molecule has 0 aromatic rings. The summed E-state index contributed by atoms with van der Waals surface area (Å²) in [6, 6.07) is 0. The average Bonchev–Trinajstić information content (AvgIpc) is 2.19. The molecule has 90 valence electrons. The van der Waals surface area contributed by atoms with Gasteiger partial charge in [-0.3, -0.25) is 9.59 Å². The number of carbonyl (C=O) groups is 2. The van der Waals surface area contributed by atoms with Gasteiger partial charge in [-0.15, -0.1) is 0 Å². The summed E-state index contributed by atoms with van der Waals surface area (Å²) >= 11 is 0. The number of nitrogens with two attached hydrogens (primary N) is 1. The molecule has 0 saturated carbocycles. The number of hydrogen-bond acceptors (Lipinski definition) is 2. The molecule has 0 spiro atoms. The second kappa shape index (κ2) is 11.0. The Morgan fingerprint density at radius 3 is 1.93 bits per heavy atom. The van der Waals surface area contributed by atoms with Crippen molar-refractivity contribution in [1.29, 1.82) is 0 Å². The fourth-order valence-electron chi connectivity index (χ4n) is 0.998. The Labute approximate surface area is 91.9 Å². The second-order valence-electron chi connectivity index (χ2n) is 3.40. The second-order valence-corrected chi connectivity index (χ2v) is 3.40. The zero-order valence-corrected chi connectivity index (χ0v) is 9.95. The Bertz CT molecular complexity index is 181. The predicted octanol–water partition coefficient (Wildman–Crippen LogP) is 2.17. The largest absolute Gasteiger partial charge is 0.481 e. The third-order valence-electron chi connectivity index (χ3n) is 2.10. The van der Waals surface area contributed by atoms with Crippen LogP contribution in [-0.4, -0.2) is 17.0 Å². The zero-order valence-electron chi connectivity index (χ0n) is 9.95. The summed E-state index contributed by atoms with van der Waals surface area (Å²) in [5, 5.41) is 7.72. The van der Waals surface area contributed by atoms with E-state index in [1.165, 1.54) is 0 Å². The van der Waals surface area contributed by atoms with E-state index in [0.29, 0.717) is 0 Å². The summed E-state index contributed by atoms with van der Waals surface area (Å²) in [5.74, 6) is -0.777. The van der Waals surface area contributed by atoms with Crippen molar-refractivity contribution in [2.45, 2.75) is 52.9 Å². The van der Waals surface area contributed by atoms with Crippen LogP contribution in [0.3, 0.4) is 0 Å². The van der Waals surface area contributed by atoms with Crippen LogP contribution in [0.1, 0.15) is 52.9 Å². The van der Waals surface area contributed by atoms with E-state index < -0.39 is 5.97 Å². The molecule has 0 aromatic carbocycles. The number of carboxylic acid groups (broad SMARTS) is 1. The Hall–Kier alpha value is -1.06. The highest BCUT2D eigenvalue weighted by molar-refractivity contribution is 5.76. The van der Waals surface area contributed by atoms with E-state index in [2.05, 4.69) is 6.92 Å². The normalized spacial score (nSPS) is 11.1. The van der Waals surface area contributed by atoms with Crippen molar-refractivity contribution in [2.24, 2.45) is 11.7 Å². The molecule has 0 saturated heterocycles. The van der Waals surface area contributed by atoms with Crippen molar-refractivity contribution in [3.05, 3.63) is 0 Å². The third kappa shape index (κ3) is 12.9. The van der Waals surface area contributed by atoms with Crippen LogP contribution in [0, 0.1) is 5.92 Å². The molecule has 1 atom stereocenters. The lowest BCUT2D eigenvalue weighted by Crippen LogP contribution is -2.22. The van der Waals surface area contributed by atoms with Gasteiger partial charge in [-0.25, -0.2) is 0 Å². The summed E-state index contributed by atoms with van der Waals surface area (Å²) in [6.07, 6.45) is 4.32. The topological polar surface area (TPSA) is 80.4 Å². The maximum absolute atomic E-state index is 10.7. The number of amides is 1. The predicted molar refractivity (Wildman–Crippen MR) is 60.4 cm³/mol. The van der Waals surface area contributed by atoms with Gasteiger partial charge >= 0.3 is 5.97 Å². The lowest BCUT2D eigenvalue weighted by Gasteiger charge is -2.08. The first kappa shape index (κ1) is 16.4. The van der Waals surface area contributed by atoms with Crippen LogP contribution in [0.25, 0.3) is 0 Å². The first-order chi connectivity index (χ1) is 6.99. The van der Waals surface area contributed by atoms with Gasteiger partial charge < -0.3 is 10.8 Å². The molecule has 0 aromatic heterocycles. The van der Waals surface area contributed by atoms with Crippen LogP contribution in [0.2, 0.25) is 0 Å². The van der Waals surface area contributed by atoms with Crippen LogP contribution in [0.15, 0.2) is 0 Å². The molecule has 3 N–H and O–H groups in total. The Morgan fingerprint density at radius 1 is 1.27 bits per heavy atom. The summed E-state index contributed by atoms with van der Waals surface area (Å²) in [6.45, 7) is 5.72. The van der Waals surface area contributed by atoms with Crippen molar-refractivity contribution in [2.75, 3.05) is 0 Å². The van der Waals surface area contributed by atoms with Crippen LogP contribution < -0.4 is 5.73 Å². The van der Waals surface area contributed by atoms with E-state index in [1.54, 1.807) is 6.92 Å². The maximum atomic E-state index is 10.7. The summed E-state index contributed by atoms with van der Waals surface area (Å²) in [7, 11) is 0. The first-order valence-electron chi connectivity index (χ1n) is 5.50. The lowest BCUT2D eigenvalue weighted by atomic mass is 9.99. The lowest BCUT2D eigenvalue weighted by molar-refractivity contribution is -0.136. The highest BCUT2D eigenvalue weighted by Crippen LogP contribution is 2.10. The van der Waals surface area contributed by atoms with Gasteiger partial charge in [0, 0.05) is 12.3 Å². The summed E-state index contributed by atoms with van der Waals surface area (Å²) in [4.78, 5) is 20.0. The zero-order chi connectivity index (χ0) is 12.3. The Kier molecular flexibility index (Phi) is 12.0. The molecule has 0 radical (unpaired) electrons. The van der Waals surface area contributed by atoms with Crippen molar-refractivity contribution in [3.63, 3.8) is 0 Å². The van der Waals surface area contributed by atoms with Gasteiger partial charge in [-0.1, -0.05) is 33.6 Å². The van der Waals surface area contributed by atoms with Gasteiger partial charge in [0.2, 0.25) is 5.91 Å². The monoisotopic (exact) mass is 217 g/mol. The molecule has 0 aliphatic rings. The van der Waals surface area contributed by atoms with E-state index in [1.807, 2.05) is 6.92 Å². The molecule has 4 heteroatoms. The van der Waals surface area contributed by atoms with Crippen molar-refractivity contribution >= 4 is 11.9 Å². The molecular formula is C11H23NO3. The average molecular weight is 217 g/mol. The minimum atomic E-state index is -0.745. The number of carboxylic acids is 1. The van der Waals surface area contributed by atoms with Gasteiger partial charge in [-0.2, -0.15) is 0 Å². The van der Waals surface area contributed by atoms with Gasteiger partial charge in [0.15, 0.2) is 0 Å². The molecule has 1 unspecified atom stereocenters. The van der Waals surface area contributed by atoms with Gasteiger partial charge in [0.05, 0.1) is 0 Å². The molecule has 4 nitrogen and oxygen atoms in total. The summed E-state index contributed by atoms with van der Waals surface area (Å²) in [5.41, 5.74) is 5.15. The van der Waals surface area contributed by atoms with Crippen molar-refractivity contribution in [1.82, 2.24) is 0 Å². The molecule has 0 rings (SSSR count). The molecular weight excluding hydrogens is 194 g/mol. The maximum Gasteiger partial charge on any atom is 0.303 e. The molecule has 0 heterocycles. The van der Waals surface area contributed by atoms with Crippen molar-refractivity contribution in [3.8, 4) is 0 Å². The molecule has 0 bridgehead atoms. The summed E-state index contributed by atoms with van der Waals surface area (Å²) < 4.78 is 0. The smallest absolute Gasteiger partial charge is 0.303 e. The van der Waals surface area contributed by atoms with Crippen LogP contribution in [0.5, 0.6) is 0 Å². The Balaban J connectivity index is 0. The van der Waals surface area contributed by atoms with Gasteiger partial charge in [0.25, 0.3) is 0 Å². The fourth-order valence-corrected chi connectivity index (χ4v) is 0.998. The molecule has 15 heavy (non-hydrogen) atoms. The van der Waals surface area contributed by atoms with E-state index in [9.17, 15) is 9.59 Å². The Morgan fingerprint density at radius 2 is 1.73 bits per heavy atom. The molecule has 0 fully saturated rings. The molecule has 0 aliphatic carbocycles. The number of primary amides is 1. The van der Waals surface area contributed by atoms with Crippen LogP contribution in [0.4, 0.5) is 0 Å². The number of unbranched alkanes of at least 4 members (excludes halogenated alkanes) is 1. The standard InChI is InChI=1S/C8H17NO.C3H6O2/c1-3-5-6-7(4-2)8(9)10;1-2-3(4)5/h7H,3-6H2,1-2H3,(H2,9,10);2H2,1H3,(H,4,5).